The standard InChI is InChI=1S/C21H29N7OS/c1-14-15(2)30-20(25-14)13-24-21(23-12-19-27-26-16(3)28(19)4)22-11-10-17-6-8-18(29-5)9-7-17/h6-9H,10-13H2,1-5H3,(H2,22,23,24). The number of aliphatic imine (C=N–C) groups is 1. The minimum absolute atomic E-state index is 0.450. The third-order valence-corrected chi connectivity index (χ3v) is 5.98. The van der Waals surface area contributed by atoms with Crippen molar-refractivity contribution in [3.05, 3.63) is 57.1 Å². The predicted molar refractivity (Wildman–Crippen MR) is 120 cm³/mol. The van der Waals surface area contributed by atoms with Crippen molar-refractivity contribution in [1.29, 1.82) is 0 Å². The second kappa shape index (κ2) is 10.2. The van der Waals surface area contributed by atoms with Gasteiger partial charge in [-0.2, -0.15) is 0 Å². The van der Waals surface area contributed by atoms with E-state index in [0.717, 1.165) is 47.0 Å². The smallest absolute Gasteiger partial charge is 0.192 e. The summed E-state index contributed by atoms with van der Waals surface area (Å²) in [5.74, 6) is 3.29. The van der Waals surface area contributed by atoms with Gasteiger partial charge in [-0.3, -0.25) is 0 Å². The summed E-state index contributed by atoms with van der Waals surface area (Å²) in [7, 11) is 3.63. The van der Waals surface area contributed by atoms with Gasteiger partial charge in [0.15, 0.2) is 11.8 Å². The zero-order valence-corrected chi connectivity index (χ0v) is 19.0. The molecule has 0 unspecified atom stereocenters. The lowest BCUT2D eigenvalue weighted by atomic mass is 10.1. The second-order valence-electron chi connectivity index (χ2n) is 7.01. The molecule has 0 aliphatic carbocycles. The SMILES string of the molecule is COc1ccc(CCNC(=NCc2nnc(C)n2C)NCc2nc(C)c(C)s2)cc1. The molecule has 0 spiro atoms. The van der Waals surface area contributed by atoms with Gasteiger partial charge >= 0.3 is 0 Å². The first-order valence-electron chi connectivity index (χ1n) is 9.89. The Balaban J connectivity index is 1.62. The fourth-order valence-corrected chi connectivity index (χ4v) is 3.68. The van der Waals surface area contributed by atoms with Gasteiger partial charge in [-0.1, -0.05) is 12.1 Å². The molecule has 0 aliphatic rings. The fraction of sp³-hybridized carbons (Fsp3) is 0.429. The van der Waals surface area contributed by atoms with E-state index >= 15 is 0 Å². The summed E-state index contributed by atoms with van der Waals surface area (Å²) in [6.07, 6.45) is 0.878. The van der Waals surface area contributed by atoms with E-state index in [1.807, 2.05) is 37.6 Å². The van der Waals surface area contributed by atoms with Crippen molar-refractivity contribution in [3.8, 4) is 5.75 Å². The van der Waals surface area contributed by atoms with Gasteiger partial charge in [0.2, 0.25) is 0 Å². The van der Waals surface area contributed by atoms with Crippen molar-refractivity contribution >= 4 is 17.3 Å². The van der Waals surface area contributed by atoms with Crippen LogP contribution >= 0.6 is 11.3 Å². The van der Waals surface area contributed by atoms with Gasteiger partial charge in [0, 0.05) is 18.5 Å². The van der Waals surface area contributed by atoms with Crippen molar-refractivity contribution < 1.29 is 4.74 Å². The highest BCUT2D eigenvalue weighted by Gasteiger charge is 2.08. The van der Waals surface area contributed by atoms with Crippen molar-refractivity contribution in [2.45, 2.75) is 40.3 Å². The summed E-state index contributed by atoms with van der Waals surface area (Å²) < 4.78 is 7.17. The minimum atomic E-state index is 0.450. The Morgan fingerprint density at radius 3 is 2.50 bits per heavy atom. The molecule has 0 atom stereocenters. The van der Waals surface area contributed by atoms with E-state index in [-0.39, 0.29) is 0 Å². The first-order chi connectivity index (χ1) is 14.5. The molecule has 8 nitrogen and oxygen atoms in total. The molecule has 0 saturated heterocycles. The molecule has 0 radical (unpaired) electrons. The van der Waals surface area contributed by atoms with E-state index in [0.29, 0.717) is 13.1 Å². The molecular formula is C21H29N7OS. The Morgan fingerprint density at radius 2 is 1.90 bits per heavy atom. The van der Waals surface area contributed by atoms with Crippen LogP contribution in [0.4, 0.5) is 0 Å². The first-order valence-corrected chi connectivity index (χ1v) is 10.7. The number of nitrogens with zero attached hydrogens (tertiary/aromatic N) is 5. The van der Waals surface area contributed by atoms with Gasteiger partial charge in [0.1, 0.15) is 23.1 Å². The molecule has 3 rings (SSSR count). The Bertz CT molecular complexity index is 972. The molecule has 160 valence electrons. The maximum Gasteiger partial charge on any atom is 0.192 e. The molecule has 0 amide bonds. The summed E-state index contributed by atoms with van der Waals surface area (Å²) in [6.45, 7) is 7.89. The molecule has 2 aromatic heterocycles. The molecule has 2 N–H and O–H groups in total. The van der Waals surface area contributed by atoms with Crippen molar-refractivity contribution in [2.75, 3.05) is 13.7 Å². The largest absolute Gasteiger partial charge is 0.497 e. The van der Waals surface area contributed by atoms with Gasteiger partial charge in [-0.05, 0) is 44.9 Å². The zero-order valence-electron chi connectivity index (χ0n) is 18.2. The number of rotatable bonds is 8. The molecule has 3 aromatic rings. The number of aromatic nitrogens is 4. The van der Waals surface area contributed by atoms with Gasteiger partial charge in [-0.15, -0.1) is 21.5 Å². The summed E-state index contributed by atoms with van der Waals surface area (Å²) in [5, 5.41) is 16.1. The van der Waals surface area contributed by atoms with Crippen LogP contribution in [-0.2, 0) is 26.6 Å². The summed E-state index contributed by atoms with van der Waals surface area (Å²) >= 11 is 1.71. The lowest BCUT2D eigenvalue weighted by Gasteiger charge is -2.12. The molecule has 9 heteroatoms. The third kappa shape index (κ3) is 5.79. The molecule has 0 fully saturated rings. The zero-order chi connectivity index (χ0) is 21.5. The van der Waals surface area contributed by atoms with Crippen LogP contribution in [-0.4, -0.2) is 39.4 Å². The fourth-order valence-electron chi connectivity index (χ4n) is 2.80. The summed E-state index contributed by atoms with van der Waals surface area (Å²) in [5.41, 5.74) is 2.31. The number of benzene rings is 1. The number of hydrogen-bond donors (Lipinski definition) is 2. The van der Waals surface area contributed by atoms with Gasteiger partial charge in [-0.25, -0.2) is 9.98 Å². The molecule has 0 saturated carbocycles. The van der Waals surface area contributed by atoms with Crippen molar-refractivity contribution in [1.82, 2.24) is 30.4 Å². The van der Waals surface area contributed by atoms with Gasteiger partial charge < -0.3 is 19.9 Å². The highest BCUT2D eigenvalue weighted by Crippen LogP contribution is 2.16. The first kappa shape index (κ1) is 21.8. The number of guanidine groups is 1. The maximum absolute atomic E-state index is 5.22. The van der Waals surface area contributed by atoms with Crippen LogP contribution in [0.2, 0.25) is 0 Å². The van der Waals surface area contributed by atoms with E-state index in [4.69, 9.17) is 9.73 Å². The summed E-state index contributed by atoms with van der Waals surface area (Å²) in [6, 6.07) is 8.11. The van der Waals surface area contributed by atoms with Crippen molar-refractivity contribution in [3.63, 3.8) is 0 Å². The third-order valence-electron chi connectivity index (χ3n) is 4.91. The highest BCUT2D eigenvalue weighted by molar-refractivity contribution is 7.11. The second-order valence-corrected chi connectivity index (χ2v) is 8.30. The molecule has 30 heavy (non-hydrogen) atoms. The highest BCUT2D eigenvalue weighted by atomic mass is 32.1. The average Bonchev–Trinajstić information content (AvgIpc) is 3.24. The number of hydrogen-bond acceptors (Lipinski definition) is 6. The van der Waals surface area contributed by atoms with Gasteiger partial charge in [0.05, 0.1) is 19.3 Å². The number of thiazole rings is 1. The van der Waals surface area contributed by atoms with Crippen LogP contribution in [0.1, 0.15) is 32.8 Å². The van der Waals surface area contributed by atoms with Crippen LogP contribution < -0.4 is 15.4 Å². The van der Waals surface area contributed by atoms with Crippen LogP contribution in [0.25, 0.3) is 0 Å². The number of ether oxygens (including phenoxy) is 1. The Kier molecular flexibility index (Phi) is 7.40. The van der Waals surface area contributed by atoms with E-state index in [2.05, 4.69) is 44.9 Å². The van der Waals surface area contributed by atoms with E-state index in [1.54, 1.807) is 18.4 Å². The van der Waals surface area contributed by atoms with E-state index in [9.17, 15) is 0 Å². The normalized spacial score (nSPS) is 11.6. The lowest BCUT2D eigenvalue weighted by molar-refractivity contribution is 0.414. The van der Waals surface area contributed by atoms with E-state index < -0.39 is 0 Å². The quantitative estimate of drug-likeness (QED) is 0.424. The van der Waals surface area contributed by atoms with Crippen LogP contribution in [0.3, 0.4) is 0 Å². The average molecular weight is 428 g/mol. The van der Waals surface area contributed by atoms with Crippen LogP contribution in [0, 0.1) is 20.8 Å². The number of nitrogens with one attached hydrogen (secondary N) is 2. The molecule has 0 aliphatic heterocycles. The molecule has 2 heterocycles. The topological polar surface area (TPSA) is 89.2 Å². The van der Waals surface area contributed by atoms with Gasteiger partial charge in [0.25, 0.3) is 0 Å². The Labute approximate surface area is 181 Å². The van der Waals surface area contributed by atoms with Crippen molar-refractivity contribution in [2.24, 2.45) is 12.0 Å². The van der Waals surface area contributed by atoms with E-state index in [1.165, 1.54) is 10.4 Å². The van der Waals surface area contributed by atoms with Crippen LogP contribution in [0.5, 0.6) is 5.75 Å². The predicted octanol–water partition coefficient (Wildman–Crippen LogP) is 2.68. The molecule has 1 aromatic carbocycles. The number of methoxy groups -OCH3 is 1. The monoisotopic (exact) mass is 427 g/mol. The molecular weight excluding hydrogens is 398 g/mol. The molecule has 0 bridgehead atoms. The van der Waals surface area contributed by atoms with Crippen LogP contribution in [0.15, 0.2) is 29.3 Å². The Hall–Kier alpha value is -2.94. The maximum atomic E-state index is 5.22. The summed E-state index contributed by atoms with van der Waals surface area (Å²) in [4.78, 5) is 10.5. The Morgan fingerprint density at radius 1 is 1.13 bits per heavy atom. The lowest BCUT2D eigenvalue weighted by Crippen LogP contribution is -2.38. The number of aryl methyl sites for hydroxylation is 3. The minimum Gasteiger partial charge on any atom is -0.497 e.